The molecular weight excluding hydrogens is 636 g/mol. The number of aliphatic hydroxyl groups excluding tert-OH is 1. The summed E-state index contributed by atoms with van der Waals surface area (Å²) in [5, 5.41) is 23.6. The van der Waals surface area contributed by atoms with E-state index in [0.717, 1.165) is 54.1 Å². The molecular formula is C38H38N6O6. The van der Waals surface area contributed by atoms with E-state index in [-0.39, 0.29) is 46.9 Å². The Bertz CT molecular complexity index is 1950. The number of ether oxygens (including phenoxy) is 2. The monoisotopic (exact) mass is 674 g/mol. The molecule has 7 rings (SSSR count). The lowest BCUT2D eigenvalue weighted by molar-refractivity contribution is -0.384. The van der Waals surface area contributed by atoms with E-state index >= 15 is 0 Å². The van der Waals surface area contributed by atoms with Gasteiger partial charge in [-0.15, -0.1) is 0 Å². The summed E-state index contributed by atoms with van der Waals surface area (Å²) >= 11 is 0. The van der Waals surface area contributed by atoms with E-state index in [1.807, 2.05) is 84.9 Å². The van der Waals surface area contributed by atoms with Gasteiger partial charge in [-0.1, -0.05) is 55.5 Å². The van der Waals surface area contributed by atoms with Crippen LogP contribution < -0.4 is 10.2 Å². The first-order valence-electron chi connectivity index (χ1n) is 16.7. The summed E-state index contributed by atoms with van der Waals surface area (Å²) in [6.45, 7) is 6.06. The average Bonchev–Trinajstić information content (AvgIpc) is 3.16. The van der Waals surface area contributed by atoms with Gasteiger partial charge in [-0.3, -0.25) is 24.8 Å². The van der Waals surface area contributed by atoms with Crippen LogP contribution in [0, 0.1) is 16.0 Å². The van der Waals surface area contributed by atoms with E-state index in [9.17, 15) is 20.0 Å². The van der Waals surface area contributed by atoms with Gasteiger partial charge in [0.05, 0.1) is 41.0 Å². The minimum Gasteiger partial charge on any atom is -0.392 e. The fraction of sp³-hybridized carbons (Fsp3) is 0.289. The SMILES string of the molecule is CC1C(CN2CCN(c3ccc([N+](=O)[O-])cc3)CC2)OC(c2ccc(NC(=O)c3cnc4ccccc4n3)cc2)OC1c1ccc(CO)cc1. The number of aromatic nitrogens is 2. The molecule has 50 heavy (non-hydrogen) atoms. The summed E-state index contributed by atoms with van der Waals surface area (Å²) in [5.41, 5.74) is 5.94. The number of rotatable bonds is 9. The van der Waals surface area contributed by atoms with Crippen LogP contribution in [0.25, 0.3) is 11.0 Å². The highest BCUT2D eigenvalue weighted by Crippen LogP contribution is 2.42. The number of nitro benzene ring substituents is 1. The third-order valence-electron chi connectivity index (χ3n) is 9.48. The quantitative estimate of drug-likeness (QED) is 0.143. The number of hydrogen-bond donors (Lipinski definition) is 2. The number of piperazine rings is 1. The molecule has 4 aromatic carbocycles. The minimum absolute atomic E-state index is 0.0283. The van der Waals surface area contributed by atoms with Crippen molar-refractivity contribution in [3.63, 3.8) is 0 Å². The van der Waals surface area contributed by atoms with Crippen molar-refractivity contribution >= 4 is 34.0 Å². The molecule has 2 fully saturated rings. The Hall–Kier alpha value is -5.27. The second-order valence-corrected chi connectivity index (χ2v) is 12.7. The van der Waals surface area contributed by atoms with Gasteiger partial charge in [-0.05, 0) is 47.5 Å². The molecule has 3 heterocycles. The number of anilines is 2. The maximum atomic E-state index is 13.0. The molecule has 4 unspecified atom stereocenters. The molecule has 0 bridgehead atoms. The van der Waals surface area contributed by atoms with Crippen molar-refractivity contribution in [1.29, 1.82) is 0 Å². The van der Waals surface area contributed by atoms with Crippen molar-refractivity contribution in [2.45, 2.75) is 32.0 Å². The van der Waals surface area contributed by atoms with Crippen LogP contribution in [0.5, 0.6) is 0 Å². The molecule has 1 aromatic heterocycles. The van der Waals surface area contributed by atoms with Gasteiger partial charge in [0, 0.05) is 67.7 Å². The van der Waals surface area contributed by atoms with Gasteiger partial charge in [0.1, 0.15) is 5.69 Å². The van der Waals surface area contributed by atoms with Crippen LogP contribution >= 0.6 is 0 Å². The van der Waals surface area contributed by atoms with Gasteiger partial charge >= 0.3 is 0 Å². The first-order valence-corrected chi connectivity index (χ1v) is 16.7. The van der Waals surface area contributed by atoms with E-state index in [0.29, 0.717) is 17.7 Å². The smallest absolute Gasteiger partial charge is 0.275 e. The predicted octanol–water partition coefficient (Wildman–Crippen LogP) is 5.90. The molecule has 0 radical (unpaired) electrons. The van der Waals surface area contributed by atoms with Crippen molar-refractivity contribution in [2.24, 2.45) is 5.92 Å². The fourth-order valence-corrected chi connectivity index (χ4v) is 6.54. The zero-order chi connectivity index (χ0) is 34.6. The van der Waals surface area contributed by atoms with E-state index in [1.165, 1.54) is 6.20 Å². The first kappa shape index (κ1) is 33.2. The maximum Gasteiger partial charge on any atom is 0.275 e. The average molecular weight is 675 g/mol. The maximum absolute atomic E-state index is 13.0. The van der Waals surface area contributed by atoms with Gasteiger partial charge in [-0.25, -0.2) is 4.98 Å². The number of nitrogens with one attached hydrogen (secondary N) is 1. The van der Waals surface area contributed by atoms with E-state index in [4.69, 9.17) is 9.47 Å². The third-order valence-corrected chi connectivity index (χ3v) is 9.48. The van der Waals surface area contributed by atoms with Crippen molar-refractivity contribution in [2.75, 3.05) is 42.9 Å². The van der Waals surface area contributed by atoms with E-state index < -0.39 is 6.29 Å². The number of hydrogen-bond acceptors (Lipinski definition) is 10. The highest BCUT2D eigenvalue weighted by molar-refractivity contribution is 6.03. The highest BCUT2D eigenvalue weighted by atomic mass is 16.7. The number of carbonyl (C=O) groups excluding carboxylic acids is 1. The number of non-ortho nitro benzene ring substituents is 1. The Morgan fingerprint density at radius 3 is 2.26 bits per heavy atom. The lowest BCUT2D eigenvalue weighted by Crippen LogP contribution is -2.51. The van der Waals surface area contributed by atoms with E-state index in [1.54, 1.807) is 12.1 Å². The van der Waals surface area contributed by atoms with Crippen LogP contribution in [0.4, 0.5) is 17.1 Å². The van der Waals surface area contributed by atoms with Gasteiger partial charge in [0.2, 0.25) is 0 Å². The zero-order valence-corrected chi connectivity index (χ0v) is 27.6. The zero-order valence-electron chi connectivity index (χ0n) is 27.6. The number of para-hydroxylation sites is 2. The normalized spacial score (nSPS) is 21.2. The van der Waals surface area contributed by atoms with Crippen molar-refractivity contribution in [3.05, 3.63) is 136 Å². The predicted molar refractivity (Wildman–Crippen MR) is 189 cm³/mol. The minimum atomic E-state index is -0.642. The first-order chi connectivity index (χ1) is 24.3. The van der Waals surface area contributed by atoms with Crippen LogP contribution in [-0.2, 0) is 16.1 Å². The van der Waals surface area contributed by atoms with Crippen molar-refractivity contribution in [1.82, 2.24) is 14.9 Å². The summed E-state index contributed by atoms with van der Waals surface area (Å²) in [6, 6.07) is 29.4. The molecule has 2 N–H and O–H groups in total. The van der Waals surface area contributed by atoms with Gasteiger partial charge in [-0.2, -0.15) is 0 Å². The highest BCUT2D eigenvalue weighted by Gasteiger charge is 2.39. The number of nitrogens with zero attached hydrogens (tertiary/aromatic N) is 5. The lowest BCUT2D eigenvalue weighted by atomic mass is 9.90. The third kappa shape index (κ3) is 7.33. The van der Waals surface area contributed by atoms with Crippen LogP contribution in [0.15, 0.2) is 103 Å². The van der Waals surface area contributed by atoms with E-state index in [2.05, 4.69) is 32.0 Å². The van der Waals surface area contributed by atoms with Crippen LogP contribution in [0.3, 0.4) is 0 Å². The summed E-state index contributed by atoms with van der Waals surface area (Å²) in [4.78, 5) is 37.1. The second-order valence-electron chi connectivity index (χ2n) is 12.7. The van der Waals surface area contributed by atoms with Gasteiger partial charge in [0.15, 0.2) is 6.29 Å². The Morgan fingerprint density at radius 2 is 1.58 bits per heavy atom. The summed E-state index contributed by atoms with van der Waals surface area (Å²) in [7, 11) is 0. The Morgan fingerprint density at radius 1 is 0.900 bits per heavy atom. The summed E-state index contributed by atoms with van der Waals surface area (Å²) < 4.78 is 13.3. The molecule has 2 aliphatic heterocycles. The molecule has 2 saturated heterocycles. The van der Waals surface area contributed by atoms with Crippen LogP contribution in [0.2, 0.25) is 0 Å². The topological polar surface area (TPSA) is 143 Å². The largest absolute Gasteiger partial charge is 0.392 e. The lowest BCUT2D eigenvalue weighted by Gasteiger charge is -2.44. The second kappa shape index (κ2) is 14.7. The Balaban J connectivity index is 1.04. The Labute approximate surface area is 289 Å². The standard InChI is InChI=1S/C38H38N6O6/c1-25-35(23-42-18-20-43(21-19-42)30-14-16-31(17-15-30)44(47)48)49-38(50-36(25)27-8-6-26(24-45)7-9-27)28-10-12-29(13-11-28)40-37(46)34-22-39-32-4-2-3-5-33(32)41-34/h2-17,22,25,35-36,38,45H,18-21,23-24H2,1H3,(H,40,46). The van der Waals surface area contributed by atoms with Gasteiger partial charge in [0.25, 0.3) is 11.6 Å². The number of nitro groups is 1. The Kier molecular flexibility index (Phi) is 9.76. The van der Waals surface area contributed by atoms with Crippen molar-refractivity contribution in [3.8, 4) is 0 Å². The molecule has 2 aliphatic rings. The van der Waals surface area contributed by atoms with Crippen LogP contribution in [-0.4, -0.2) is 69.6 Å². The molecule has 4 atom stereocenters. The molecule has 256 valence electrons. The molecule has 0 spiro atoms. The summed E-state index contributed by atoms with van der Waals surface area (Å²) in [6.07, 6.45) is 0.433. The number of amides is 1. The van der Waals surface area contributed by atoms with Crippen LogP contribution in [0.1, 0.15) is 46.5 Å². The number of aliphatic hydroxyl groups is 1. The number of carbonyl (C=O) groups is 1. The molecule has 1 amide bonds. The van der Waals surface area contributed by atoms with Crippen molar-refractivity contribution < 1.29 is 24.3 Å². The number of fused-ring (bicyclic) bond motifs is 1. The molecule has 0 saturated carbocycles. The molecule has 12 heteroatoms. The molecule has 5 aromatic rings. The fourth-order valence-electron chi connectivity index (χ4n) is 6.54. The molecule has 0 aliphatic carbocycles. The number of benzene rings is 4. The van der Waals surface area contributed by atoms with Gasteiger partial charge < -0.3 is 24.8 Å². The summed E-state index contributed by atoms with van der Waals surface area (Å²) in [5.74, 6) is -0.323. The molecule has 12 nitrogen and oxygen atoms in total.